The van der Waals surface area contributed by atoms with Crippen LogP contribution < -0.4 is 0 Å². The number of carbonyl (C=O) groups is 1. The second-order valence-electron chi connectivity index (χ2n) is 5.25. The molecular formula is C15H22N2O2. The predicted octanol–water partition coefficient (Wildman–Crippen LogP) is 1.67. The first kappa shape index (κ1) is 14.0. The highest BCUT2D eigenvalue weighted by atomic mass is 16.4. The quantitative estimate of drug-likeness (QED) is 0.876. The molecule has 0 unspecified atom stereocenters. The SMILES string of the molecule is C[C@H]1CN(Cc2ccccc2)CCN1CCC(=O)O. The second kappa shape index (κ2) is 6.68. The number of hydrogen-bond donors (Lipinski definition) is 1. The van der Waals surface area contributed by atoms with Crippen LogP contribution in [0.5, 0.6) is 0 Å². The second-order valence-corrected chi connectivity index (χ2v) is 5.25. The van der Waals surface area contributed by atoms with Gasteiger partial charge in [-0.2, -0.15) is 0 Å². The van der Waals surface area contributed by atoms with Gasteiger partial charge in [0.2, 0.25) is 0 Å². The highest BCUT2D eigenvalue weighted by molar-refractivity contribution is 5.66. The van der Waals surface area contributed by atoms with Gasteiger partial charge in [-0.3, -0.25) is 14.6 Å². The van der Waals surface area contributed by atoms with E-state index in [-0.39, 0.29) is 6.42 Å². The molecule has 0 bridgehead atoms. The number of aliphatic carboxylic acids is 1. The first-order valence-corrected chi connectivity index (χ1v) is 6.87. The Morgan fingerprint density at radius 1 is 1.32 bits per heavy atom. The number of nitrogens with zero attached hydrogens (tertiary/aromatic N) is 2. The molecule has 1 atom stereocenters. The molecule has 1 heterocycles. The van der Waals surface area contributed by atoms with E-state index in [2.05, 4.69) is 41.0 Å². The van der Waals surface area contributed by atoms with Gasteiger partial charge in [-0.1, -0.05) is 30.3 Å². The Labute approximate surface area is 114 Å². The summed E-state index contributed by atoms with van der Waals surface area (Å²) in [5, 5.41) is 8.74. The molecule has 0 aromatic heterocycles. The maximum atomic E-state index is 10.6. The fourth-order valence-corrected chi connectivity index (χ4v) is 2.63. The molecule has 0 radical (unpaired) electrons. The number of carboxylic acid groups (broad SMARTS) is 1. The molecule has 1 aliphatic heterocycles. The molecule has 0 amide bonds. The Kier molecular flexibility index (Phi) is 4.93. The van der Waals surface area contributed by atoms with E-state index in [1.807, 2.05) is 6.07 Å². The van der Waals surface area contributed by atoms with E-state index in [9.17, 15) is 4.79 Å². The minimum Gasteiger partial charge on any atom is -0.481 e. The molecule has 4 heteroatoms. The standard InChI is InChI=1S/C15H22N2O2/c1-13-11-16(12-14-5-3-2-4-6-14)9-10-17(13)8-7-15(18)19/h2-6,13H,7-12H2,1H3,(H,18,19)/t13-/m0/s1. The molecule has 1 aromatic rings. The average Bonchev–Trinajstić information content (AvgIpc) is 2.39. The van der Waals surface area contributed by atoms with Crippen LogP contribution in [0, 0.1) is 0 Å². The maximum Gasteiger partial charge on any atom is 0.304 e. The van der Waals surface area contributed by atoms with E-state index in [4.69, 9.17) is 5.11 Å². The molecule has 1 saturated heterocycles. The lowest BCUT2D eigenvalue weighted by Gasteiger charge is -2.39. The van der Waals surface area contributed by atoms with Crippen molar-refractivity contribution in [3.05, 3.63) is 35.9 Å². The highest BCUT2D eigenvalue weighted by Crippen LogP contribution is 2.13. The van der Waals surface area contributed by atoms with E-state index in [0.29, 0.717) is 12.6 Å². The van der Waals surface area contributed by atoms with Gasteiger partial charge >= 0.3 is 5.97 Å². The molecule has 0 saturated carbocycles. The van der Waals surface area contributed by atoms with Gasteiger partial charge < -0.3 is 5.11 Å². The fraction of sp³-hybridized carbons (Fsp3) is 0.533. The van der Waals surface area contributed by atoms with Gasteiger partial charge in [0.15, 0.2) is 0 Å². The van der Waals surface area contributed by atoms with Gasteiger partial charge in [-0.25, -0.2) is 0 Å². The van der Waals surface area contributed by atoms with Crippen LogP contribution in [-0.4, -0.2) is 53.1 Å². The number of rotatable bonds is 5. The van der Waals surface area contributed by atoms with Crippen molar-refractivity contribution in [3.8, 4) is 0 Å². The van der Waals surface area contributed by atoms with E-state index >= 15 is 0 Å². The van der Waals surface area contributed by atoms with Crippen molar-refractivity contribution in [2.24, 2.45) is 0 Å². The van der Waals surface area contributed by atoms with Crippen LogP contribution in [0.1, 0.15) is 18.9 Å². The Hall–Kier alpha value is -1.39. The molecule has 1 aromatic carbocycles. The summed E-state index contributed by atoms with van der Waals surface area (Å²) in [5.74, 6) is -0.709. The van der Waals surface area contributed by atoms with Crippen LogP contribution >= 0.6 is 0 Å². The van der Waals surface area contributed by atoms with Crippen molar-refractivity contribution in [1.29, 1.82) is 0 Å². The summed E-state index contributed by atoms with van der Waals surface area (Å²) >= 11 is 0. The first-order valence-electron chi connectivity index (χ1n) is 6.87. The molecule has 104 valence electrons. The van der Waals surface area contributed by atoms with Crippen molar-refractivity contribution in [2.45, 2.75) is 25.9 Å². The van der Waals surface area contributed by atoms with Crippen LogP contribution in [0.25, 0.3) is 0 Å². The third kappa shape index (κ3) is 4.33. The first-order chi connectivity index (χ1) is 9.15. The Morgan fingerprint density at radius 3 is 2.68 bits per heavy atom. The van der Waals surface area contributed by atoms with E-state index in [0.717, 1.165) is 26.2 Å². The summed E-state index contributed by atoms with van der Waals surface area (Å²) in [6.45, 7) is 6.81. The third-order valence-corrected chi connectivity index (χ3v) is 3.71. The summed E-state index contributed by atoms with van der Waals surface area (Å²) < 4.78 is 0. The van der Waals surface area contributed by atoms with Crippen LogP contribution in [0.3, 0.4) is 0 Å². The highest BCUT2D eigenvalue weighted by Gasteiger charge is 2.23. The molecule has 0 spiro atoms. The van der Waals surface area contributed by atoms with Gasteiger partial charge in [-0.05, 0) is 12.5 Å². The van der Waals surface area contributed by atoms with E-state index in [1.54, 1.807) is 0 Å². The molecule has 0 aliphatic carbocycles. The van der Waals surface area contributed by atoms with Gasteiger partial charge in [0.05, 0.1) is 6.42 Å². The zero-order valence-electron chi connectivity index (χ0n) is 11.5. The Balaban J connectivity index is 1.81. The van der Waals surface area contributed by atoms with Crippen molar-refractivity contribution in [1.82, 2.24) is 9.80 Å². The van der Waals surface area contributed by atoms with Gasteiger partial charge in [0.25, 0.3) is 0 Å². The smallest absolute Gasteiger partial charge is 0.304 e. The molecular weight excluding hydrogens is 240 g/mol. The molecule has 1 aliphatic rings. The summed E-state index contributed by atoms with van der Waals surface area (Å²) in [6, 6.07) is 10.9. The number of hydrogen-bond acceptors (Lipinski definition) is 3. The predicted molar refractivity (Wildman–Crippen MR) is 75.0 cm³/mol. The molecule has 4 nitrogen and oxygen atoms in total. The van der Waals surface area contributed by atoms with Crippen LogP contribution in [0.2, 0.25) is 0 Å². The average molecular weight is 262 g/mol. The van der Waals surface area contributed by atoms with Gasteiger partial charge in [-0.15, -0.1) is 0 Å². The van der Waals surface area contributed by atoms with Crippen molar-refractivity contribution < 1.29 is 9.90 Å². The topological polar surface area (TPSA) is 43.8 Å². The summed E-state index contributed by atoms with van der Waals surface area (Å²) in [7, 11) is 0. The zero-order chi connectivity index (χ0) is 13.7. The zero-order valence-corrected chi connectivity index (χ0v) is 11.5. The molecule has 1 fully saturated rings. The van der Waals surface area contributed by atoms with Gasteiger partial charge in [0, 0.05) is 38.8 Å². The number of carboxylic acids is 1. The number of piperazine rings is 1. The number of benzene rings is 1. The lowest BCUT2D eigenvalue weighted by Crippen LogP contribution is -2.51. The minimum atomic E-state index is -0.709. The van der Waals surface area contributed by atoms with Crippen molar-refractivity contribution >= 4 is 5.97 Å². The Morgan fingerprint density at radius 2 is 2.05 bits per heavy atom. The molecule has 1 N–H and O–H groups in total. The molecule has 19 heavy (non-hydrogen) atoms. The summed E-state index contributed by atoms with van der Waals surface area (Å²) in [4.78, 5) is 15.3. The largest absolute Gasteiger partial charge is 0.481 e. The third-order valence-electron chi connectivity index (χ3n) is 3.71. The minimum absolute atomic E-state index is 0.239. The van der Waals surface area contributed by atoms with Crippen LogP contribution in [0.4, 0.5) is 0 Å². The van der Waals surface area contributed by atoms with Gasteiger partial charge in [0.1, 0.15) is 0 Å². The van der Waals surface area contributed by atoms with E-state index < -0.39 is 5.97 Å². The summed E-state index contributed by atoms with van der Waals surface area (Å²) in [5.41, 5.74) is 1.34. The summed E-state index contributed by atoms with van der Waals surface area (Å²) in [6.07, 6.45) is 0.239. The fourth-order valence-electron chi connectivity index (χ4n) is 2.63. The van der Waals surface area contributed by atoms with Crippen LogP contribution in [-0.2, 0) is 11.3 Å². The van der Waals surface area contributed by atoms with Crippen LogP contribution in [0.15, 0.2) is 30.3 Å². The van der Waals surface area contributed by atoms with Crippen molar-refractivity contribution in [2.75, 3.05) is 26.2 Å². The Bertz CT molecular complexity index is 408. The van der Waals surface area contributed by atoms with E-state index in [1.165, 1.54) is 5.56 Å². The monoisotopic (exact) mass is 262 g/mol. The van der Waals surface area contributed by atoms with Crippen molar-refractivity contribution in [3.63, 3.8) is 0 Å². The normalized spacial score (nSPS) is 21.4. The molecule has 2 rings (SSSR count). The lowest BCUT2D eigenvalue weighted by molar-refractivity contribution is -0.137. The lowest BCUT2D eigenvalue weighted by atomic mass is 10.1. The maximum absolute atomic E-state index is 10.6.